The number of ketones is 1. The van der Waals surface area contributed by atoms with Crippen molar-refractivity contribution in [3.8, 4) is 22.9 Å². The van der Waals surface area contributed by atoms with Gasteiger partial charge in [-0.15, -0.1) is 10.2 Å². The fourth-order valence-electron chi connectivity index (χ4n) is 3.99. The number of ether oxygens (including phenoxy) is 2. The Hall–Kier alpha value is -3.52. The van der Waals surface area contributed by atoms with Gasteiger partial charge in [-0.2, -0.15) is 0 Å². The number of nitrogens with zero attached hydrogens (tertiary/aromatic N) is 4. The molecule has 0 unspecified atom stereocenters. The van der Waals surface area contributed by atoms with Gasteiger partial charge in [0.15, 0.2) is 22.4 Å². The number of thioether (sulfide) groups is 1. The summed E-state index contributed by atoms with van der Waals surface area (Å²) in [5, 5.41) is 9.18. The first kappa shape index (κ1) is 20.4. The van der Waals surface area contributed by atoms with Crippen molar-refractivity contribution in [3.63, 3.8) is 0 Å². The number of Topliss-reactive ketones (excluding diaryl/α,β-unsaturated/α-hetero) is 1. The predicted octanol–water partition coefficient (Wildman–Crippen LogP) is 4.69. The number of para-hydroxylation sites is 1. The van der Waals surface area contributed by atoms with Gasteiger partial charge >= 0.3 is 0 Å². The number of aryl methyl sites for hydroxylation is 2. The molecule has 0 aliphatic carbocycles. The second kappa shape index (κ2) is 8.20. The van der Waals surface area contributed by atoms with Crippen LogP contribution in [0, 0.1) is 20.8 Å². The maximum Gasteiger partial charge on any atom is 0.231 e. The third kappa shape index (κ3) is 3.56. The molecule has 5 rings (SSSR count). The average molecular weight is 447 g/mol. The minimum absolute atomic E-state index is 0.0513. The average Bonchev–Trinajstić information content (AvgIpc) is 3.49. The van der Waals surface area contributed by atoms with Crippen molar-refractivity contribution < 1.29 is 14.3 Å². The molecule has 162 valence electrons. The van der Waals surface area contributed by atoms with Gasteiger partial charge in [0, 0.05) is 34.4 Å². The maximum absolute atomic E-state index is 13.1. The maximum atomic E-state index is 13.1. The Morgan fingerprint density at radius 2 is 1.72 bits per heavy atom. The van der Waals surface area contributed by atoms with E-state index >= 15 is 0 Å². The molecule has 2 aromatic carbocycles. The van der Waals surface area contributed by atoms with Crippen molar-refractivity contribution in [3.05, 3.63) is 77.4 Å². The fourth-order valence-corrected chi connectivity index (χ4v) is 4.87. The Balaban J connectivity index is 1.38. The summed E-state index contributed by atoms with van der Waals surface area (Å²) in [6, 6.07) is 17.7. The lowest BCUT2D eigenvalue weighted by molar-refractivity contribution is 0.102. The largest absolute Gasteiger partial charge is 0.454 e. The smallest absolute Gasteiger partial charge is 0.231 e. The number of rotatable bonds is 6. The van der Waals surface area contributed by atoms with Gasteiger partial charge in [0.1, 0.15) is 5.82 Å². The Kier molecular flexibility index (Phi) is 5.22. The Morgan fingerprint density at radius 1 is 0.938 bits per heavy atom. The molecule has 0 saturated carbocycles. The van der Waals surface area contributed by atoms with Crippen molar-refractivity contribution in [2.24, 2.45) is 0 Å². The Bertz CT molecular complexity index is 1310. The number of hydrogen-bond donors (Lipinski definition) is 0. The van der Waals surface area contributed by atoms with E-state index in [1.807, 2.05) is 79.9 Å². The number of benzene rings is 2. The monoisotopic (exact) mass is 446 g/mol. The molecular formula is C24H22N4O3S. The van der Waals surface area contributed by atoms with Crippen molar-refractivity contribution in [1.82, 2.24) is 19.3 Å². The number of hydrogen-bond acceptors (Lipinski definition) is 6. The van der Waals surface area contributed by atoms with E-state index in [1.54, 1.807) is 0 Å². The topological polar surface area (TPSA) is 71.2 Å². The lowest BCUT2D eigenvalue weighted by Crippen LogP contribution is -2.07. The fraction of sp³-hybridized carbons (Fsp3) is 0.208. The van der Waals surface area contributed by atoms with E-state index in [9.17, 15) is 4.79 Å². The van der Waals surface area contributed by atoms with Gasteiger partial charge in [0.25, 0.3) is 0 Å². The summed E-state index contributed by atoms with van der Waals surface area (Å²) in [5.74, 6) is 2.56. The van der Waals surface area contributed by atoms with Crippen LogP contribution < -0.4 is 9.47 Å². The van der Waals surface area contributed by atoms with E-state index in [4.69, 9.17) is 9.47 Å². The first-order valence-electron chi connectivity index (χ1n) is 10.3. The minimum Gasteiger partial charge on any atom is -0.454 e. The van der Waals surface area contributed by atoms with Crippen LogP contribution in [0.2, 0.25) is 0 Å². The molecule has 1 aliphatic rings. The Labute approximate surface area is 190 Å². The third-order valence-corrected chi connectivity index (χ3v) is 6.42. The van der Waals surface area contributed by atoms with Gasteiger partial charge in [-0.3, -0.25) is 9.36 Å². The summed E-state index contributed by atoms with van der Waals surface area (Å²) in [5.41, 5.74) is 4.50. The molecule has 4 aromatic rings. The molecule has 32 heavy (non-hydrogen) atoms. The van der Waals surface area contributed by atoms with E-state index in [0.29, 0.717) is 16.5 Å². The second-order valence-electron chi connectivity index (χ2n) is 7.57. The van der Waals surface area contributed by atoms with Crippen LogP contribution in [0.4, 0.5) is 0 Å². The molecule has 0 spiro atoms. The summed E-state index contributed by atoms with van der Waals surface area (Å²) >= 11 is 1.40. The summed E-state index contributed by atoms with van der Waals surface area (Å²) in [7, 11) is 0. The van der Waals surface area contributed by atoms with Crippen LogP contribution in [0.5, 0.6) is 11.5 Å². The number of aromatic nitrogens is 4. The lowest BCUT2D eigenvalue weighted by Gasteiger charge is -2.11. The highest BCUT2D eigenvalue weighted by Crippen LogP contribution is 2.35. The molecule has 0 radical (unpaired) electrons. The minimum atomic E-state index is 0.0513. The molecule has 3 heterocycles. The van der Waals surface area contributed by atoms with Crippen molar-refractivity contribution in [2.75, 3.05) is 12.5 Å². The SMILES string of the molecule is Cc1cc(C(=O)CSc2nnc(C)n2-c2ccccc2)c(C)n1-c1ccc2c(c1)OCO2. The van der Waals surface area contributed by atoms with Crippen LogP contribution in [0.3, 0.4) is 0 Å². The summed E-state index contributed by atoms with van der Waals surface area (Å²) in [6.07, 6.45) is 0. The van der Waals surface area contributed by atoms with Crippen LogP contribution in [0.15, 0.2) is 59.8 Å². The van der Waals surface area contributed by atoms with Crippen LogP contribution in [0.1, 0.15) is 27.6 Å². The summed E-state index contributed by atoms with van der Waals surface area (Å²) in [4.78, 5) is 13.1. The van der Waals surface area contributed by atoms with Crippen molar-refractivity contribution in [1.29, 1.82) is 0 Å². The predicted molar refractivity (Wildman–Crippen MR) is 123 cm³/mol. The van der Waals surface area contributed by atoms with Gasteiger partial charge in [0.05, 0.1) is 5.75 Å². The first-order chi connectivity index (χ1) is 15.5. The zero-order valence-electron chi connectivity index (χ0n) is 18.0. The summed E-state index contributed by atoms with van der Waals surface area (Å²) in [6.45, 7) is 6.10. The van der Waals surface area contributed by atoms with Gasteiger partial charge < -0.3 is 14.0 Å². The molecule has 0 bridgehead atoms. The van der Waals surface area contributed by atoms with E-state index < -0.39 is 0 Å². The first-order valence-corrected chi connectivity index (χ1v) is 11.2. The molecule has 7 nitrogen and oxygen atoms in total. The highest BCUT2D eigenvalue weighted by molar-refractivity contribution is 7.99. The molecule has 2 aromatic heterocycles. The standard InChI is InChI=1S/C24H22N4O3S/c1-15-11-20(16(2)27(15)19-9-10-22-23(12-19)31-14-30-22)21(29)13-32-24-26-25-17(3)28(24)18-7-5-4-6-8-18/h4-12H,13-14H2,1-3H3. The lowest BCUT2D eigenvalue weighted by atomic mass is 10.2. The summed E-state index contributed by atoms with van der Waals surface area (Å²) < 4.78 is 15.0. The highest BCUT2D eigenvalue weighted by Gasteiger charge is 2.21. The molecule has 1 aliphatic heterocycles. The van der Waals surface area contributed by atoms with Gasteiger partial charge in [-0.1, -0.05) is 30.0 Å². The molecule has 0 saturated heterocycles. The van der Waals surface area contributed by atoms with E-state index in [1.165, 1.54) is 11.8 Å². The van der Waals surface area contributed by atoms with E-state index in [-0.39, 0.29) is 18.3 Å². The van der Waals surface area contributed by atoms with Gasteiger partial charge in [0.2, 0.25) is 6.79 Å². The quantitative estimate of drug-likeness (QED) is 0.316. The third-order valence-electron chi connectivity index (χ3n) is 5.49. The van der Waals surface area contributed by atoms with Gasteiger partial charge in [-0.05, 0) is 51.1 Å². The molecule has 0 atom stereocenters. The van der Waals surface area contributed by atoms with Crippen LogP contribution in [0.25, 0.3) is 11.4 Å². The number of carbonyl (C=O) groups is 1. The number of fused-ring (bicyclic) bond motifs is 1. The molecule has 0 amide bonds. The normalized spacial score (nSPS) is 12.3. The van der Waals surface area contributed by atoms with Crippen LogP contribution >= 0.6 is 11.8 Å². The zero-order valence-corrected chi connectivity index (χ0v) is 18.8. The van der Waals surface area contributed by atoms with E-state index in [0.717, 1.165) is 34.3 Å². The zero-order chi connectivity index (χ0) is 22.2. The number of carbonyl (C=O) groups excluding carboxylic acids is 1. The van der Waals surface area contributed by atoms with Crippen LogP contribution in [-0.4, -0.2) is 37.7 Å². The van der Waals surface area contributed by atoms with Crippen molar-refractivity contribution >= 4 is 17.5 Å². The van der Waals surface area contributed by atoms with E-state index in [2.05, 4.69) is 14.8 Å². The Morgan fingerprint density at radius 3 is 2.53 bits per heavy atom. The highest BCUT2D eigenvalue weighted by atomic mass is 32.2. The van der Waals surface area contributed by atoms with Gasteiger partial charge in [-0.25, -0.2) is 0 Å². The molecule has 8 heteroatoms. The molecular weight excluding hydrogens is 424 g/mol. The second-order valence-corrected chi connectivity index (χ2v) is 8.51. The molecule has 0 N–H and O–H groups in total. The van der Waals surface area contributed by atoms with Crippen LogP contribution in [-0.2, 0) is 0 Å². The molecule has 0 fully saturated rings. The van der Waals surface area contributed by atoms with Crippen molar-refractivity contribution in [2.45, 2.75) is 25.9 Å².